The average molecular weight is 252 g/mol. The number of nitrogens with zero attached hydrogens (tertiary/aromatic N) is 2. The van der Waals surface area contributed by atoms with Gasteiger partial charge in [-0.25, -0.2) is 9.97 Å². The molecular weight excluding hydrogens is 228 g/mol. The van der Waals surface area contributed by atoms with Crippen LogP contribution in [0.4, 0.5) is 11.6 Å². The maximum atomic E-state index is 9.45. The summed E-state index contributed by atoms with van der Waals surface area (Å²) in [6.07, 6.45) is 0.795. The lowest BCUT2D eigenvalue weighted by Crippen LogP contribution is -2.38. The molecule has 1 aromatic heterocycles. The maximum absolute atomic E-state index is 9.45. The Bertz CT molecular complexity index is 414. The largest absolute Gasteiger partial charge is 0.394 e. The molecule has 0 radical (unpaired) electrons. The number of hydrogen-bond acceptors (Lipinski definition) is 5. The van der Waals surface area contributed by atoms with E-state index in [1.54, 1.807) is 0 Å². The lowest BCUT2D eigenvalue weighted by molar-refractivity contribution is 0.218. The molecular formula is C13H24N4O. The predicted molar refractivity (Wildman–Crippen MR) is 74.7 cm³/mol. The molecule has 0 aliphatic heterocycles. The summed E-state index contributed by atoms with van der Waals surface area (Å²) in [4.78, 5) is 8.78. The van der Waals surface area contributed by atoms with E-state index in [1.165, 1.54) is 0 Å². The van der Waals surface area contributed by atoms with E-state index in [2.05, 4.69) is 15.3 Å². The first-order chi connectivity index (χ1) is 8.33. The normalized spacial score (nSPS) is 14.6. The predicted octanol–water partition coefficient (Wildman–Crippen LogP) is 2.06. The van der Waals surface area contributed by atoms with E-state index in [0.29, 0.717) is 11.6 Å². The van der Waals surface area contributed by atoms with Crippen molar-refractivity contribution < 1.29 is 5.11 Å². The third-order valence-corrected chi connectivity index (χ3v) is 3.27. The monoisotopic (exact) mass is 252 g/mol. The Hall–Kier alpha value is -1.36. The zero-order valence-corrected chi connectivity index (χ0v) is 11.9. The molecule has 1 unspecified atom stereocenters. The number of hydrogen-bond donors (Lipinski definition) is 3. The van der Waals surface area contributed by atoms with E-state index in [0.717, 1.165) is 17.8 Å². The number of anilines is 2. The van der Waals surface area contributed by atoms with Crippen LogP contribution in [0, 0.1) is 6.92 Å². The van der Waals surface area contributed by atoms with E-state index in [1.807, 2.05) is 34.6 Å². The van der Waals surface area contributed by atoms with Crippen molar-refractivity contribution in [2.45, 2.75) is 52.5 Å². The van der Waals surface area contributed by atoms with Gasteiger partial charge in [-0.3, -0.25) is 0 Å². The molecule has 1 aromatic rings. The molecule has 1 rings (SSSR count). The first-order valence-electron chi connectivity index (χ1n) is 6.36. The Balaban J connectivity index is 3.15. The van der Waals surface area contributed by atoms with Gasteiger partial charge < -0.3 is 16.2 Å². The number of aromatic nitrogens is 2. The van der Waals surface area contributed by atoms with E-state index in [9.17, 15) is 5.11 Å². The van der Waals surface area contributed by atoms with Crippen LogP contribution in [0.15, 0.2) is 0 Å². The van der Waals surface area contributed by atoms with Gasteiger partial charge in [0.25, 0.3) is 0 Å². The number of aliphatic hydroxyl groups is 1. The van der Waals surface area contributed by atoms with Gasteiger partial charge in [0.1, 0.15) is 17.5 Å². The van der Waals surface area contributed by atoms with E-state index in [-0.39, 0.29) is 18.1 Å². The van der Waals surface area contributed by atoms with Crippen LogP contribution in [-0.2, 0) is 0 Å². The fourth-order valence-corrected chi connectivity index (χ4v) is 1.46. The van der Waals surface area contributed by atoms with Crippen LogP contribution >= 0.6 is 0 Å². The standard InChI is InChI=1S/C13H24N4O/c1-6-13(5,7-18)17-12-9(4)10(14)15-11(16-12)8(2)3/h8,18H,6-7H2,1-5H3,(H3,14,15,16,17). The van der Waals surface area contributed by atoms with Crippen molar-refractivity contribution in [3.8, 4) is 0 Å². The van der Waals surface area contributed by atoms with Gasteiger partial charge in [0, 0.05) is 11.5 Å². The summed E-state index contributed by atoms with van der Waals surface area (Å²) in [5, 5.41) is 12.7. The van der Waals surface area contributed by atoms with E-state index in [4.69, 9.17) is 5.73 Å². The van der Waals surface area contributed by atoms with Crippen molar-refractivity contribution in [2.24, 2.45) is 0 Å². The van der Waals surface area contributed by atoms with Crippen molar-refractivity contribution in [3.63, 3.8) is 0 Å². The second-order valence-corrected chi connectivity index (χ2v) is 5.29. The number of nitrogens with two attached hydrogens (primary N) is 1. The van der Waals surface area contributed by atoms with Gasteiger partial charge in [0.05, 0.1) is 12.1 Å². The molecule has 5 nitrogen and oxygen atoms in total. The molecule has 0 saturated carbocycles. The summed E-state index contributed by atoms with van der Waals surface area (Å²) < 4.78 is 0. The molecule has 0 bridgehead atoms. The number of aliphatic hydroxyl groups excluding tert-OH is 1. The highest BCUT2D eigenvalue weighted by atomic mass is 16.3. The lowest BCUT2D eigenvalue weighted by atomic mass is 10.00. The van der Waals surface area contributed by atoms with Crippen molar-refractivity contribution >= 4 is 11.6 Å². The van der Waals surface area contributed by atoms with Gasteiger partial charge >= 0.3 is 0 Å². The zero-order chi connectivity index (χ0) is 13.9. The molecule has 1 atom stereocenters. The van der Waals surface area contributed by atoms with Crippen LogP contribution in [0.1, 0.15) is 51.4 Å². The summed E-state index contributed by atoms with van der Waals surface area (Å²) in [5.41, 5.74) is 6.34. The van der Waals surface area contributed by atoms with Crippen molar-refractivity contribution in [2.75, 3.05) is 17.7 Å². The molecule has 0 spiro atoms. The highest BCUT2D eigenvalue weighted by Crippen LogP contribution is 2.24. The van der Waals surface area contributed by atoms with Gasteiger partial charge in [-0.05, 0) is 20.3 Å². The molecule has 5 heteroatoms. The van der Waals surface area contributed by atoms with Gasteiger partial charge in [-0.2, -0.15) is 0 Å². The smallest absolute Gasteiger partial charge is 0.135 e. The minimum absolute atomic E-state index is 0.0455. The highest BCUT2D eigenvalue weighted by Gasteiger charge is 2.23. The Morgan fingerprint density at radius 3 is 2.44 bits per heavy atom. The van der Waals surface area contributed by atoms with Crippen molar-refractivity contribution in [3.05, 3.63) is 11.4 Å². The molecule has 4 N–H and O–H groups in total. The van der Waals surface area contributed by atoms with Crippen LogP contribution in [0.5, 0.6) is 0 Å². The van der Waals surface area contributed by atoms with Crippen molar-refractivity contribution in [1.82, 2.24) is 9.97 Å². The van der Waals surface area contributed by atoms with E-state index >= 15 is 0 Å². The van der Waals surface area contributed by atoms with Crippen LogP contribution in [0.25, 0.3) is 0 Å². The summed E-state index contributed by atoms with van der Waals surface area (Å²) >= 11 is 0. The summed E-state index contributed by atoms with van der Waals surface area (Å²) in [6, 6.07) is 0. The second-order valence-electron chi connectivity index (χ2n) is 5.29. The molecule has 18 heavy (non-hydrogen) atoms. The molecule has 1 heterocycles. The van der Waals surface area contributed by atoms with Crippen molar-refractivity contribution in [1.29, 1.82) is 0 Å². The summed E-state index contributed by atoms with van der Waals surface area (Å²) in [7, 11) is 0. The van der Waals surface area contributed by atoms with Crippen LogP contribution < -0.4 is 11.1 Å². The molecule has 0 aromatic carbocycles. The topological polar surface area (TPSA) is 84.1 Å². The SMILES string of the molecule is CCC(C)(CO)Nc1nc(C(C)C)nc(N)c1C. The third-order valence-electron chi connectivity index (χ3n) is 3.27. The van der Waals surface area contributed by atoms with Gasteiger partial charge in [-0.1, -0.05) is 20.8 Å². The summed E-state index contributed by atoms with van der Waals surface area (Å²) in [5.74, 6) is 2.14. The fraction of sp³-hybridized carbons (Fsp3) is 0.692. The molecule has 102 valence electrons. The Morgan fingerprint density at radius 1 is 1.39 bits per heavy atom. The Morgan fingerprint density at radius 2 is 2.00 bits per heavy atom. The average Bonchev–Trinajstić information content (AvgIpc) is 2.34. The molecule has 0 amide bonds. The minimum atomic E-state index is -0.389. The Kier molecular flexibility index (Phi) is 4.51. The Labute approximate surface area is 109 Å². The maximum Gasteiger partial charge on any atom is 0.135 e. The molecule has 0 fully saturated rings. The van der Waals surface area contributed by atoms with Crippen LogP contribution in [0.2, 0.25) is 0 Å². The number of nitrogens with one attached hydrogen (secondary N) is 1. The molecule has 0 aliphatic carbocycles. The molecule has 0 saturated heterocycles. The first-order valence-corrected chi connectivity index (χ1v) is 6.36. The van der Waals surface area contributed by atoms with Gasteiger partial charge in [0.2, 0.25) is 0 Å². The highest BCUT2D eigenvalue weighted by molar-refractivity contribution is 5.56. The zero-order valence-electron chi connectivity index (χ0n) is 11.9. The van der Waals surface area contributed by atoms with E-state index < -0.39 is 0 Å². The fourth-order valence-electron chi connectivity index (χ4n) is 1.46. The van der Waals surface area contributed by atoms with Gasteiger partial charge in [0.15, 0.2) is 0 Å². The number of rotatable bonds is 5. The third kappa shape index (κ3) is 3.10. The number of nitrogen functional groups attached to an aromatic ring is 1. The first kappa shape index (κ1) is 14.7. The quantitative estimate of drug-likeness (QED) is 0.747. The van der Waals surface area contributed by atoms with Crippen LogP contribution in [0.3, 0.4) is 0 Å². The minimum Gasteiger partial charge on any atom is -0.394 e. The van der Waals surface area contributed by atoms with Crippen LogP contribution in [-0.4, -0.2) is 27.2 Å². The molecule has 0 aliphatic rings. The summed E-state index contributed by atoms with van der Waals surface area (Å²) in [6.45, 7) is 9.96. The van der Waals surface area contributed by atoms with Gasteiger partial charge in [-0.15, -0.1) is 0 Å². The lowest BCUT2D eigenvalue weighted by Gasteiger charge is -2.29. The second kappa shape index (κ2) is 5.52.